The smallest absolute Gasteiger partial charge is 0.330 e. The van der Waals surface area contributed by atoms with E-state index in [1.165, 1.54) is 0 Å². The standard InChI is InChI=1S/C15H25FN2O5Si/c1-15(2,3)24(4,5)23-10-6-12(22-11(10)8-19)18-7-9(16)13(20)17-14(18)21/h7,10-12,19H,6,8H2,1-5H3,(H,17,20,21)/t10-,11+,12+/m0/s1. The van der Waals surface area contributed by atoms with Crippen LogP contribution in [0.25, 0.3) is 0 Å². The summed E-state index contributed by atoms with van der Waals surface area (Å²) < 4.78 is 26.4. The van der Waals surface area contributed by atoms with Crippen molar-refractivity contribution in [2.75, 3.05) is 6.61 Å². The maximum absolute atomic E-state index is 13.5. The van der Waals surface area contributed by atoms with E-state index in [2.05, 4.69) is 33.9 Å². The van der Waals surface area contributed by atoms with Crippen LogP contribution in [0.4, 0.5) is 4.39 Å². The molecule has 7 nitrogen and oxygen atoms in total. The molecule has 0 spiro atoms. The number of H-pyrrole nitrogens is 1. The number of halogens is 1. The van der Waals surface area contributed by atoms with E-state index in [4.69, 9.17) is 9.16 Å². The van der Waals surface area contributed by atoms with Gasteiger partial charge in [-0.05, 0) is 18.1 Å². The molecule has 1 aromatic rings. The third-order valence-corrected chi connectivity index (χ3v) is 9.35. The van der Waals surface area contributed by atoms with Crippen LogP contribution in [0.1, 0.15) is 33.4 Å². The fraction of sp³-hybridized carbons (Fsp3) is 0.733. The summed E-state index contributed by atoms with van der Waals surface area (Å²) in [5.74, 6) is -1.06. The Morgan fingerprint density at radius 3 is 2.62 bits per heavy atom. The van der Waals surface area contributed by atoms with Gasteiger partial charge in [0.05, 0.1) is 18.9 Å². The molecule has 1 aromatic heterocycles. The van der Waals surface area contributed by atoms with Gasteiger partial charge >= 0.3 is 5.69 Å². The van der Waals surface area contributed by atoms with E-state index in [9.17, 15) is 19.1 Å². The van der Waals surface area contributed by atoms with Crippen molar-refractivity contribution in [3.63, 3.8) is 0 Å². The lowest BCUT2D eigenvalue weighted by Crippen LogP contribution is -2.46. The highest BCUT2D eigenvalue weighted by molar-refractivity contribution is 6.74. The van der Waals surface area contributed by atoms with Gasteiger partial charge in [0.2, 0.25) is 5.82 Å². The molecule has 0 amide bonds. The first-order valence-corrected chi connectivity index (χ1v) is 10.8. The van der Waals surface area contributed by atoms with E-state index >= 15 is 0 Å². The Hall–Kier alpha value is -1.29. The molecule has 2 heterocycles. The normalized spacial score (nSPS) is 25.2. The Bertz CT molecular complexity index is 709. The van der Waals surface area contributed by atoms with Crippen molar-refractivity contribution in [3.8, 4) is 0 Å². The van der Waals surface area contributed by atoms with Gasteiger partial charge in [0, 0.05) is 6.42 Å². The van der Waals surface area contributed by atoms with Gasteiger partial charge < -0.3 is 14.3 Å². The number of aliphatic hydroxyl groups excluding tert-OH is 1. The molecular weight excluding hydrogens is 335 g/mol. The van der Waals surface area contributed by atoms with E-state index in [0.29, 0.717) is 6.42 Å². The number of hydrogen-bond acceptors (Lipinski definition) is 5. The first-order chi connectivity index (χ1) is 11.0. The molecule has 24 heavy (non-hydrogen) atoms. The number of ether oxygens (including phenoxy) is 1. The second-order valence-corrected chi connectivity index (χ2v) is 12.4. The van der Waals surface area contributed by atoms with Crippen molar-refractivity contribution in [2.45, 2.75) is 63.8 Å². The zero-order chi connectivity index (χ0) is 18.3. The first-order valence-electron chi connectivity index (χ1n) is 7.91. The Morgan fingerprint density at radius 2 is 2.08 bits per heavy atom. The third kappa shape index (κ3) is 3.69. The van der Waals surface area contributed by atoms with Gasteiger partial charge in [-0.2, -0.15) is 4.39 Å². The lowest BCUT2D eigenvalue weighted by atomic mass is 10.2. The highest BCUT2D eigenvalue weighted by Crippen LogP contribution is 2.40. The lowest BCUT2D eigenvalue weighted by Gasteiger charge is -2.39. The highest BCUT2D eigenvalue weighted by Gasteiger charge is 2.45. The number of hydrogen-bond donors (Lipinski definition) is 2. The van der Waals surface area contributed by atoms with E-state index in [-0.39, 0.29) is 11.6 Å². The average molecular weight is 360 g/mol. The maximum Gasteiger partial charge on any atom is 0.330 e. The van der Waals surface area contributed by atoms with Crippen LogP contribution in [0.3, 0.4) is 0 Å². The molecule has 0 unspecified atom stereocenters. The van der Waals surface area contributed by atoms with Crippen LogP contribution in [-0.4, -0.2) is 41.8 Å². The second kappa shape index (κ2) is 6.55. The minimum atomic E-state index is -2.10. The van der Waals surface area contributed by atoms with Crippen molar-refractivity contribution >= 4 is 8.32 Å². The van der Waals surface area contributed by atoms with Crippen molar-refractivity contribution in [2.24, 2.45) is 0 Å². The van der Waals surface area contributed by atoms with Gasteiger partial charge in [-0.15, -0.1) is 0 Å². The van der Waals surface area contributed by atoms with Crippen LogP contribution in [-0.2, 0) is 9.16 Å². The molecule has 136 valence electrons. The third-order valence-electron chi connectivity index (χ3n) is 4.85. The van der Waals surface area contributed by atoms with Crippen LogP contribution in [0.2, 0.25) is 18.1 Å². The minimum absolute atomic E-state index is 0.0218. The fourth-order valence-corrected chi connectivity index (χ4v) is 3.75. The monoisotopic (exact) mass is 360 g/mol. The van der Waals surface area contributed by atoms with Crippen molar-refractivity contribution in [1.82, 2.24) is 9.55 Å². The number of nitrogens with zero attached hydrogens (tertiary/aromatic N) is 1. The summed E-state index contributed by atoms with van der Waals surface area (Å²) in [7, 11) is -2.10. The topological polar surface area (TPSA) is 93.6 Å². The van der Waals surface area contributed by atoms with Crippen LogP contribution >= 0.6 is 0 Å². The highest BCUT2D eigenvalue weighted by atomic mass is 28.4. The molecule has 9 heteroatoms. The lowest BCUT2D eigenvalue weighted by molar-refractivity contribution is -0.0441. The van der Waals surface area contributed by atoms with Crippen LogP contribution in [0.5, 0.6) is 0 Å². The molecular formula is C15H25FN2O5Si. The molecule has 0 radical (unpaired) electrons. The summed E-state index contributed by atoms with van der Waals surface area (Å²) in [5, 5.41) is 9.54. The molecule has 3 atom stereocenters. The number of rotatable bonds is 4. The quantitative estimate of drug-likeness (QED) is 0.791. The number of nitrogens with one attached hydrogen (secondary N) is 1. The summed E-state index contributed by atoms with van der Waals surface area (Å²) in [5.41, 5.74) is -1.82. The molecule has 1 saturated heterocycles. The summed E-state index contributed by atoms with van der Waals surface area (Å²) in [6.45, 7) is 10.2. The largest absolute Gasteiger partial charge is 0.411 e. The molecule has 1 fully saturated rings. The minimum Gasteiger partial charge on any atom is -0.411 e. The van der Waals surface area contributed by atoms with Gasteiger partial charge in [-0.1, -0.05) is 20.8 Å². The van der Waals surface area contributed by atoms with Gasteiger partial charge in [-0.3, -0.25) is 14.3 Å². The van der Waals surface area contributed by atoms with E-state index in [1.807, 2.05) is 4.98 Å². The van der Waals surface area contributed by atoms with Crippen molar-refractivity contribution in [3.05, 3.63) is 32.9 Å². The summed E-state index contributed by atoms with van der Waals surface area (Å²) in [4.78, 5) is 24.9. The Kier molecular flexibility index (Phi) is 5.19. The Morgan fingerprint density at radius 1 is 1.46 bits per heavy atom. The fourth-order valence-electron chi connectivity index (χ4n) is 2.39. The first kappa shape index (κ1) is 19.0. The zero-order valence-corrected chi connectivity index (χ0v) is 15.6. The zero-order valence-electron chi connectivity index (χ0n) is 14.6. The summed E-state index contributed by atoms with van der Waals surface area (Å²) in [6, 6.07) is 0. The predicted molar refractivity (Wildman–Crippen MR) is 89.0 cm³/mol. The Labute approximate surface area is 140 Å². The van der Waals surface area contributed by atoms with Gasteiger partial charge in [0.1, 0.15) is 12.3 Å². The van der Waals surface area contributed by atoms with Crippen LogP contribution < -0.4 is 11.2 Å². The summed E-state index contributed by atoms with van der Waals surface area (Å²) in [6.07, 6.45) is -0.678. The van der Waals surface area contributed by atoms with E-state index in [1.54, 1.807) is 0 Å². The van der Waals surface area contributed by atoms with E-state index in [0.717, 1.165) is 10.8 Å². The molecule has 2 N–H and O–H groups in total. The van der Waals surface area contributed by atoms with Gasteiger partial charge in [0.15, 0.2) is 8.32 Å². The summed E-state index contributed by atoms with van der Waals surface area (Å²) >= 11 is 0. The van der Waals surface area contributed by atoms with Gasteiger partial charge in [0.25, 0.3) is 5.56 Å². The predicted octanol–water partition coefficient (Wildman–Crippen LogP) is 1.35. The van der Waals surface area contributed by atoms with E-state index < -0.39 is 43.8 Å². The number of aliphatic hydroxyl groups is 1. The number of aromatic amines is 1. The molecule has 0 bridgehead atoms. The maximum atomic E-state index is 13.5. The average Bonchev–Trinajstić information content (AvgIpc) is 2.83. The molecule has 2 rings (SSSR count). The van der Waals surface area contributed by atoms with Crippen LogP contribution in [0, 0.1) is 5.82 Å². The number of aromatic nitrogens is 2. The van der Waals surface area contributed by atoms with Crippen molar-refractivity contribution in [1.29, 1.82) is 0 Å². The molecule has 0 aromatic carbocycles. The SMILES string of the molecule is CC(C)(C)[Si](C)(C)O[C@H]1C[C@H](n2cc(F)c(=O)[nH]c2=O)O[C@@H]1CO. The molecule has 1 aliphatic rings. The van der Waals surface area contributed by atoms with Gasteiger partial charge in [-0.25, -0.2) is 4.79 Å². The molecule has 0 aliphatic carbocycles. The molecule has 1 aliphatic heterocycles. The van der Waals surface area contributed by atoms with Crippen molar-refractivity contribution < 1.29 is 18.7 Å². The molecule has 0 saturated carbocycles. The second-order valence-electron chi connectivity index (χ2n) is 7.61. The van der Waals surface area contributed by atoms with Crippen LogP contribution in [0.15, 0.2) is 15.8 Å². The Balaban J connectivity index is 2.25.